The molecule has 0 atom stereocenters. The van der Waals surface area contributed by atoms with Crippen LogP contribution in [0.5, 0.6) is 0 Å². The Kier molecular flexibility index (Phi) is 17.5. The van der Waals surface area contributed by atoms with Gasteiger partial charge in [-0.25, -0.2) is 0 Å². The average molecular weight is 452 g/mol. The molecule has 0 fully saturated rings. The van der Waals surface area contributed by atoms with E-state index >= 15 is 0 Å². The van der Waals surface area contributed by atoms with Crippen LogP contribution < -0.4 is 0 Å². The summed E-state index contributed by atoms with van der Waals surface area (Å²) in [5.74, 6) is 0. The van der Waals surface area contributed by atoms with Crippen LogP contribution in [0.2, 0.25) is 12.1 Å². The number of rotatable bonds is 21. The molecule has 0 saturated carbocycles. The molecule has 0 aliphatic rings. The van der Waals surface area contributed by atoms with Gasteiger partial charge in [0.15, 0.2) is 0 Å². The van der Waals surface area contributed by atoms with Gasteiger partial charge in [-0.2, -0.15) is 0 Å². The molecule has 0 unspecified atom stereocenters. The largest absolute Gasteiger partial charge is 0.500 e. The lowest BCUT2D eigenvalue weighted by Gasteiger charge is -2.30. The molecule has 0 heterocycles. The Morgan fingerprint density at radius 2 is 1.07 bits per heavy atom. The van der Waals surface area contributed by atoms with Gasteiger partial charge in [0.1, 0.15) is 0 Å². The van der Waals surface area contributed by atoms with E-state index in [2.05, 4.69) is 11.5 Å². The molecule has 0 N–H and O–H groups in total. The summed E-state index contributed by atoms with van der Waals surface area (Å²) in [4.78, 5) is 2.39. The average Bonchev–Trinajstić information content (AvgIpc) is 2.69. The Bertz CT molecular complexity index is 380. The minimum atomic E-state index is -2.58. The standard InChI is InChI=1S/C20H45NO6Si2/c1-8-16-21(17-14-19-28(22-7,23-9-2)24-10-3)18-15-20-29(25-11-4,26-12-5)27-13-6/h8H,1,9-20H2,2-7H3. The maximum atomic E-state index is 5.96. The molecule has 0 aliphatic carbocycles. The van der Waals surface area contributed by atoms with E-state index in [0.717, 1.165) is 44.6 Å². The van der Waals surface area contributed by atoms with Crippen molar-refractivity contribution in [2.24, 2.45) is 0 Å². The Hall–Kier alpha value is -0.106. The molecule has 0 radical (unpaired) electrons. The van der Waals surface area contributed by atoms with Gasteiger partial charge in [-0.05, 0) is 60.5 Å². The highest BCUT2D eigenvalue weighted by atomic mass is 28.4. The Morgan fingerprint density at radius 1 is 0.690 bits per heavy atom. The lowest BCUT2D eigenvalue weighted by atomic mass is 10.3. The summed E-state index contributed by atoms with van der Waals surface area (Å²) in [6, 6.07) is 1.64. The molecular weight excluding hydrogens is 406 g/mol. The molecule has 7 nitrogen and oxygen atoms in total. The topological polar surface area (TPSA) is 58.6 Å². The second-order valence-electron chi connectivity index (χ2n) is 6.53. The van der Waals surface area contributed by atoms with Crippen LogP contribution in [0.3, 0.4) is 0 Å². The Balaban J connectivity index is 4.71. The van der Waals surface area contributed by atoms with Gasteiger partial charge in [0.2, 0.25) is 0 Å². The highest BCUT2D eigenvalue weighted by Crippen LogP contribution is 2.20. The fraction of sp³-hybridized carbons (Fsp3) is 0.900. The minimum Gasteiger partial charge on any atom is -0.377 e. The van der Waals surface area contributed by atoms with Gasteiger partial charge in [0.25, 0.3) is 0 Å². The molecule has 0 aromatic carbocycles. The zero-order chi connectivity index (χ0) is 22.0. The third kappa shape index (κ3) is 11.8. The monoisotopic (exact) mass is 451 g/mol. The third-order valence-electron chi connectivity index (χ3n) is 4.43. The van der Waals surface area contributed by atoms with Crippen molar-refractivity contribution in [3.63, 3.8) is 0 Å². The van der Waals surface area contributed by atoms with Gasteiger partial charge < -0.3 is 26.6 Å². The fourth-order valence-electron chi connectivity index (χ4n) is 3.36. The molecule has 0 bridgehead atoms. The summed E-state index contributed by atoms with van der Waals surface area (Å²) in [5, 5.41) is 0. The van der Waals surface area contributed by atoms with E-state index in [0.29, 0.717) is 33.0 Å². The maximum Gasteiger partial charge on any atom is 0.500 e. The van der Waals surface area contributed by atoms with E-state index in [1.807, 2.05) is 40.7 Å². The first-order chi connectivity index (χ1) is 14.0. The van der Waals surface area contributed by atoms with Crippen LogP contribution in [0.25, 0.3) is 0 Å². The molecule has 0 saturated heterocycles. The first-order valence-electron chi connectivity index (χ1n) is 11.1. The second kappa shape index (κ2) is 17.6. The zero-order valence-corrected chi connectivity index (χ0v) is 21.7. The van der Waals surface area contributed by atoms with Crippen LogP contribution in [0, 0.1) is 0 Å². The van der Waals surface area contributed by atoms with Crippen molar-refractivity contribution in [1.82, 2.24) is 4.90 Å². The highest BCUT2D eigenvalue weighted by molar-refractivity contribution is 6.61. The molecule has 0 rings (SSSR count). The van der Waals surface area contributed by atoms with Crippen molar-refractivity contribution in [3.8, 4) is 0 Å². The van der Waals surface area contributed by atoms with Gasteiger partial charge in [0, 0.05) is 58.8 Å². The maximum absolute atomic E-state index is 5.96. The molecule has 9 heteroatoms. The lowest BCUT2D eigenvalue weighted by Crippen LogP contribution is -2.46. The van der Waals surface area contributed by atoms with Gasteiger partial charge in [-0.15, -0.1) is 6.58 Å². The summed E-state index contributed by atoms with van der Waals surface area (Å²) >= 11 is 0. The molecule has 0 aromatic heterocycles. The molecular formula is C20H45NO6Si2. The molecule has 0 aromatic rings. The van der Waals surface area contributed by atoms with Gasteiger partial charge >= 0.3 is 17.6 Å². The minimum absolute atomic E-state index is 0.607. The predicted molar refractivity (Wildman–Crippen MR) is 122 cm³/mol. The molecule has 174 valence electrons. The summed E-state index contributed by atoms with van der Waals surface area (Å²) in [6.07, 6.45) is 3.87. The third-order valence-corrected chi connectivity index (χ3v) is 10.6. The quantitative estimate of drug-likeness (QED) is 0.193. The van der Waals surface area contributed by atoms with E-state index in [4.69, 9.17) is 26.6 Å². The van der Waals surface area contributed by atoms with Crippen LogP contribution >= 0.6 is 0 Å². The first kappa shape index (κ1) is 28.9. The van der Waals surface area contributed by atoms with Crippen molar-refractivity contribution in [2.45, 2.75) is 59.5 Å². The van der Waals surface area contributed by atoms with Gasteiger partial charge in [-0.3, -0.25) is 4.90 Å². The summed E-state index contributed by atoms with van der Waals surface area (Å²) in [7, 11) is -3.44. The normalized spacial score (nSPS) is 12.7. The van der Waals surface area contributed by atoms with Crippen molar-refractivity contribution in [2.75, 3.05) is 59.8 Å². The Labute approximate surface area is 181 Å². The summed E-state index contributed by atoms with van der Waals surface area (Å²) in [6.45, 7) is 19.6. The van der Waals surface area contributed by atoms with E-state index in [-0.39, 0.29) is 0 Å². The zero-order valence-electron chi connectivity index (χ0n) is 19.7. The van der Waals surface area contributed by atoms with Crippen LogP contribution in [-0.4, -0.2) is 82.3 Å². The highest BCUT2D eigenvalue weighted by Gasteiger charge is 2.40. The molecule has 0 aliphatic heterocycles. The predicted octanol–water partition coefficient (Wildman–Crippen LogP) is 3.96. The number of hydrogen-bond acceptors (Lipinski definition) is 7. The smallest absolute Gasteiger partial charge is 0.377 e. The van der Waals surface area contributed by atoms with Crippen LogP contribution in [0.4, 0.5) is 0 Å². The SMILES string of the molecule is C=CCN(CCC[Si](OC)(OCC)OCC)CCC[Si](OCC)(OCC)OCC. The van der Waals surface area contributed by atoms with Crippen LogP contribution in [0.1, 0.15) is 47.5 Å². The van der Waals surface area contributed by atoms with Crippen molar-refractivity contribution in [3.05, 3.63) is 12.7 Å². The van der Waals surface area contributed by atoms with Gasteiger partial charge in [0.05, 0.1) is 0 Å². The summed E-state index contributed by atoms with van der Waals surface area (Å²) in [5.41, 5.74) is 0. The number of hydrogen-bond donors (Lipinski definition) is 0. The van der Waals surface area contributed by atoms with E-state index in [1.165, 1.54) is 0 Å². The first-order valence-corrected chi connectivity index (χ1v) is 14.9. The Morgan fingerprint density at radius 3 is 1.41 bits per heavy atom. The van der Waals surface area contributed by atoms with Crippen molar-refractivity contribution in [1.29, 1.82) is 0 Å². The number of nitrogens with zero attached hydrogens (tertiary/aromatic N) is 1. The van der Waals surface area contributed by atoms with Crippen LogP contribution in [0.15, 0.2) is 12.7 Å². The van der Waals surface area contributed by atoms with E-state index in [9.17, 15) is 0 Å². The van der Waals surface area contributed by atoms with Crippen molar-refractivity contribution >= 4 is 17.6 Å². The lowest BCUT2D eigenvalue weighted by molar-refractivity contribution is 0.0700. The van der Waals surface area contributed by atoms with E-state index < -0.39 is 17.6 Å². The van der Waals surface area contributed by atoms with Crippen molar-refractivity contribution < 1.29 is 26.6 Å². The molecule has 29 heavy (non-hydrogen) atoms. The van der Waals surface area contributed by atoms with Gasteiger partial charge in [-0.1, -0.05) is 6.08 Å². The molecule has 0 amide bonds. The van der Waals surface area contributed by atoms with Crippen LogP contribution in [-0.2, 0) is 26.6 Å². The second-order valence-corrected chi connectivity index (χ2v) is 12.1. The summed E-state index contributed by atoms with van der Waals surface area (Å²) < 4.78 is 35.3. The fourth-order valence-corrected chi connectivity index (χ4v) is 8.24. The van der Waals surface area contributed by atoms with E-state index in [1.54, 1.807) is 7.11 Å². The molecule has 0 spiro atoms.